The van der Waals surface area contributed by atoms with Crippen LogP contribution in [0.4, 0.5) is 0 Å². The van der Waals surface area contributed by atoms with E-state index in [1.165, 1.54) is 22.4 Å². The Kier molecular flexibility index (Phi) is 5.85. The molecule has 0 bridgehead atoms. The molecule has 136 valence electrons. The largest absolute Gasteiger partial charge is 0.416 e. The summed E-state index contributed by atoms with van der Waals surface area (Å²) in [7, 11) is -1.70. The molecule has 1 aromatic heterocycles. The molecule has 0 atom stereocenters. The quantitative estimate of drug-likeness (QED) is 0.805. The fourth-order valence-corrected chi connectivity index (χ4v) is 3.26. The zero-order valence-electron chi connectivity index (χ0n) is 15.8. The maximum Gasteiger partial charge on any atom is 0.328 e. The molecule has 0 amide bonds. The van der Waals surface area contributed by atoms with E-state index >= 15 is 0 Å². The lowest BCUT2D eigenvalue weighted by molar-refractivity contribution is 0.292. The van der Waals surface area contributed by atoms with Gasteiger partial charge in [0.05, 0.1) is 6.54 Å². The summed E-state index contributed by atoms with van der Waals surface area (Å²) in [5.41, 5.74) is 1.47. The number of aromatic amines is 1. The van der Waals surface area contributed by atoms with Gasteiger partial charge < -0.3 is 4.43 Å². The molecule has 0 saturated carbocycles. The zero-order valence-corrected chi connectivity index (χ0v) is 16.8. The Morgan fingerprint density at radius 3 is 2.20 bits per heavy atom. The van der Waals surface area contributed by atoms with Gasteiger partial charge >= 0.3 is 5.69 Å². The number of aromatic nitrogens is 2. The monoisotopic (exact) mass is 360 g/mol. The number of rotatable bonds is 6. The highest BCUT2D eigenvalue weighted by Crippen LogP contribution is 2.36. The number of hydrogen-bond acceptors (Lipinski definition) is 3. The van der Waals surface area contributed by atoms with E-state index in [9.17, 15) is 9.59 Å². The first kappa shape index (κ1) is 19.4. The van der Waals surface area contributed by atoms with Crippen LogP contribution in [0.25, 0.3) is 0 Å². The summed E-state index contributed by atoms with van der Waals surface area (Å²) < 4.78 is 7.69. The molecule has 0 unspecified atom stereocenters. The van der Waals surface area contributed by atoms with Crippen molar-refractivity contribution in [2.24, 2.45) is 0 Å². The van der Waals surface area contributed by atoms with Crippen LogP contribution < -0.4 is 11.2 Å². The summed E-state index contributed by atoms with van der Waals surface area (Å²) in [6.45, 7) is 12.4. The van der Waals surface area contributed by atoms with E-state index < -0.39 is 8.32 Å². The van der Waals surface area contributed by atoms with Crippen LogP contribution >= 0.6 is 0 Å². The molecule has 2 rings (SSSR count). The Morgan fingerprint density at radius 1 is 1.04 bits per heavy atom. The average Bonchev–Trinajstić information content (AvgIpc) is 2.50. The molecule has 1 heterocycles. The Hall–Kier alpha value is -1.92. The fraction of sp³-hybridized carbons (Fsp3) is 0.474. The summed E-state index contributed by atoms with van der Waals surface area (Å²) in [5.74, 6) is 0. The van der Waals surface area contributed by atoms with Crippen LogP contribution in [0.1, 0.15) is 31.9 Å². The summed E-state index contributed by atoms with van der Waals surface area (Å²) >= 11 is 0. The third-order valence-electron chi connectivity index (χ3n) is 4.93. The number of nitrogens with zero attached hydrogens (tertiary/aromatic N) is 1. The second kappa shape index (κ2) is 7.54. The molecule has 0 fully saturated rings. The van der Waals surface area contributed by atoms with Gasteiger partial charge in [-0.2, -0.15) is 0 Å². The SMILES string of the molecule is CC(C)(C)[Si](C)(C)OCCc1ccc(Cn2ccc(=O)[nH]c2=O)cc1. The van der Waals surface area contributed by atoms with Crippen molar-refractivity contribution in [1.29, 1.82) is 0 Å². The number of H-pyrrole nitrogens is 1. The second-order valence-corrected chi connectivity index (χ2v) is 12.7. The molecule has 0 aliphatic heterocycles. The van der Waals surface area contributed by atoms with E-state index in [1.54, 1.807) is 0 Å². The molecule has 0 radical (unpaired) electrons. The minimum absolute atomic E-state index is 0.223. The van der Waals surface area contributed by atoms with Crippen molar-refractivity contribution in [1.82, 2.24) is 9.55 Å². The molecule has 0 spiro atoms. The summed E-state index contributed by atoms with van der Waals surface area (Å²) in [6.07, 6.45) is 2.40. The van der Waals surface area contributed by atoms with Crippen LogP contribution in [0.5, 0.6) is 0 Å². The van der Waals surface area contributed by atoms with Gasteiger partial charge in [-0.1, -0.05) is 45.0 Å². The fourth-order valence-electron chi connectivity index (χ4n) is 2.22. The van der Waals surface area contributed by atoms with Gasteiger partial charge in [-0.25, -0.2) is 4.79 Å². The zero-order chi connectivity index (χ0) is 18.7. The maximum atomic E-state index is 11.7. The van der Waals surface area contributed by atoms with Gasteiger partial charge in [-0.15, -0.1) is 0 Å². The molecule has 1 aromatic carbocycles. The van der Waals surface area contributed by atoms with Gasteiger partial charge in [0.25, 0.3) is 5.56 Å². The third-order valence-corrected chi connectivity index (χ3v) is 9.47. The molecular weight excluding hydrogens is 332 g/mol. The van der Waals surface area contributed by atoms with Gasteiger partial charge in [-0.05, 0) is 35.7 Å². The van der Waals surface area contributed by atoms with Crippen molar-refractivity contribution in [2.75, 3.05) is 6.61 Å². The highest BCUT2D eigenvalue weighted by atomic mass is 28.4. The predicted molar refractivity (Wildman–Crippen MR) is 104 cm³/mol. The van der Waals surface area contributed by atoms with Crippen LogP contribution in [-0.4, -0.2) is 24.5 Å². The molecule has 1 N–H and O–H groups in total. The van der Waals surface area contributed by atoms with Crippen molar-refractivity contribution >= 4 is 8.32 Å². The summed E-state index contributed by atoms with van der Waals surface area (Å²) in [4.78, 5) is 25.1. The number of benzene rings is 1. The van der Waals surface area contributed by atoms with Gasteiger partial charge in [0, 0.05) is 18.9 Å². The van der Waals surface area contributed by atoms with Crippen LogP contribution in [0, 0.1) is 0 Å². The molecule has 5 nitrogen and oxygen atoms in total. The topological polar surface area (TPSA) is 64.1 Å². The lowest BCUT2D eigenvalue weighted by Gasteiger charge is -2.36. The first-order valence-electron chi connectivity index (χ1n) is 8.60. The molecular formula is C19H28N2O3Si. The minimum atomic E-state index is -1.70. The summed E-state index contributed by atoms with van der Waals surface area (Å²) in [6, 6.07) is 9.52. The summed E-state index contributed by atoms with van der Waals surface area (Å²) in [5, 5.41) is 0.223. The lowest BCUT2D eigenvalue weighted by Crippen LogP contribution is -2.41. The van der Waals surface area contributed by atoms with Crippen molar-refractivity contribution in [2.45, 2.75) is 51.9 Å². The highest BCUT2D eigenvalue weighted by Gasteiger charge is 2.36. The van der Waals surface area contributed by atoms with E-state index in [1.807, 2.05) is 12.1 Å². The van der Waals surface area contributed by atoms with Crippen molar-refractivity contribution < 1.29 is 4.43 Å². The van der Waals surface area contributed by atoms with Crippen molar-refractivity contribution in [3.8, 4) is 0 Å². The highest BCUT2D eigenvalue weighted by molar-refractivity contribution is 6.74. The normalized spacial score (nSPS) is 12.4. The van der Waals surface area contributed by atoms with Crippen molar-refractivity contribution in [3.05, 3.63) is 68.5 Å². The van der Waals surface area contributed by atoms with Gasteiger partial charge in [0.2, 0.25) is 0 Å². The number of nitrogens with one attached hydrogen (secondary N) is 1. The van der Waals surface area contributed by atoms with Crippen LogP contribution in [0.3, 0.4) is 0 Å². The van der Waals surface area contributed by atoms with E-state index in [-0.39, 0.29) is 16.3 Å². The van der Waals surface area contributed by atoms with Crippen LogP contribution in [0.2, 0.25) is 18.1 Å². The molecule has 6 heteroatoms. The van der Waals surface area contributed by atoms with Crippen molar-refractivity contribution in [3.63, 3.8) is 0 Å². The van der Waals surface area contributed by atoms with Crippen LogP contribution in [-0.2, 0) is 17.4 Å². The molecule has 2 aromatic rings. The molecule has 25 heavy (non-hydrogen) atoms. The Balaban J connectivity index is 1.94. The molecule has 0 aliphatic carbocycles. The first-order valence-corrected chi connectivity index (χ1v) is 11.5. The van der Waals surface area contributed by atoms with Crippen LogP contribution in [0.15, 0.2) is 46.1 Å². The van der Waals surface area contributed by atoms with E-state index in [0.717, 1.165) is 18.6 Å². The smallest absolute Gasteiger partial charge is 0.328 e. The van der Waals surface area contributed by atoms with E-state index in [0.29, 0.717) is 6.54 Å². The first-order chi connectivity index (χ1) is 11.6. The Labute approximate surface area is 149 Å². The molecule has 0 aliphatic rings. The van der Waals surface area contributed by atoms with Gasteiger partial charge in [0.15, 0.2) is 8.32 Å². The average molecular weight is 361 g/mol. The van der Waals surface area contributed by atoms with Gasteiger partial charge in [0.1, 0.15) is 0 Å². The van der Waals surface area contributed by atoms with Gasteiger partial charge in [-0.3, -0.25) is 14.3 Å². The number of hydrogen-bond donors (Lipinski definition) is 1. The van der Waals surface area contributed by atoms with E-state index in [2.05, 4.69) is 51.0 Å². The Morgan fingerprint density at radius 2 is 1.64 bits per heavy atom. The second-order valence-electron chi connectivity index (χ2n) is 7.91. The third kappa shape index (κ3) is 5.27. The lowest BCUT2D eigenvalue weighted by atomic mass is 10.1. The maximum absolute atomic E-state index is 11.7. The Bertz CT molecular complexity index is 814. The minimum Gasteiger partial charge on any atom is -0.416 e. The van der Waals surface area contributed by atoms with E-state index in [4.69, 9.17) is 4.43 Å². The predicted octanol–water partition coefficient (Wildman–Crippen LogP) is 3.15. The standard InChI is InChI=1S/C19H28N2O3Si/c1-19(2,3)25(4,5)24-13-11-15-6-8-16(9-7-15)14-21-12-10-17(22)20-18(21)23/h6-10,12H,11,13-14H2,1-5H3,(H,20,22,23). The molecule has 0 saturated heterocycles.